The maximum atomic E-state index is 12.1. The monoisotopic (exact) mass is 336 g/mol. The molecular formula is C15H17ClN4O3. The standard InChI is InChI=1S/C15H17ClN4O3/c1-9-17-15(20-19-9)14-11(6-7-22-14)18-13(21)8-23-12-5-3-2-4-10(12)16/h2-5,11,14H,6-8H2,1H3,(H,18,21)(H,17,19,20)/t11-,14+/m0/s1. The van der Waals surface area contributed by atoms with Crippen LogP contribution < -0.4 is 10.1 Å². The summed E-state index contributed by atoms with van der Waals surface area (Å²) in [6.45, 7) is 2.25. The maximum Gasteiger partial charge on any atom is 0.258 e. The van der Waals surface area contributed by atoms with E-state index < -0.39 is 0 Å². The molecule has 1 saturated heterocycles. The summed E-state index contributed by atoms with van der Waals surface area (Å²) in [4.78, 5) is 16.3. The molecule has 0 radical (unpaired) electrons. The second-order valence-electron chi connectivity index (χ2n) is 5.25. The highest BCUT2D eigenvalue weighted by Crippen LogP contribution is 2.27. The lowest BCUT2D eigenvalue weighted by Gasteiger charge is -2.17. The molecule has 1 fully saturated rings. The van der Waals surface area contributed by atoms with Crippen LogP contribution in [0, 0.1) is 6.92 Å². The van der Waals surface area contributed by atoms with Gasteiger partial charge < -0.3 is 14.8 Å². The molecule has 1 aliphatic rings. The number of aromatic nitrogens is 3. The number of hydrogen-bond donors (Lipinski definition) is 2. The molecular weight excluding hydrogens is 320 g/mol. The van der Waals surface area contributed by atoms with Gasteiger partial charge in [0.1, 0.15) is 17.7 Å². The van der Waals surface area contributed by atoms with Gasteiger partial charge in [0.15, 0.2) is 12.4 Å². The number of aromatic amines is 1. The molecule has 0 unspecified atom stereocenters. The molecule has 0 saturated carbocycles. The molecule has 1 aromatic carbocycles. The number of aryl methyl sites for hydroxylation is 1. The molecule has 23 heavy (non-hydrogen) atoms. The second kappa shape index (κ2) is 6.97. The third-order valence-corrected chi connectivity index (χ3v) is 3.81. The lowest BCUT2D eigenvalue weighted by Crippen LogP contribution is -2.39. The maximum absolute atomic E-state index is 12.1. The van der Waals surface area contributed by atoms with Crippen molar-refractivity contribution in [2.45, 2.75) is 25.5 Å². The Morgan fingerprint density at radius 3 is 3.09 bits per heavy atom. The van der Waals surface area contributed by atoms with Crippen LogP contribution in [0.2, 0.25) is 5.02 Å². The van der Waals surface area contributed by atoms with Crippen molar-refractivity contribution in [2.24, 2.45) is 0 Å². The summed E-state index contributed by atoms with van der Waals surface area (Å²) in [6.07, 6.45) is 0.361. The number of benzene rings is 1. The molecule has 8 heteroatoms. The molecule has 1 aromatic heterocycles. The van der Waals surface area contributed by atoms with Gasteiger partial charge in [0.05, 0.1) is 11.1 Å². The molecule has 0 bridgehead atoms. The van der Waals surface area contributed by atoms with Gasteiger partial charge in [-0.25, -0.2) is 4.98 Å². The van der Waals surface area contributed by atoms with E-state index in [1.165, 1.54) is 0 Å². The van der Waals surface area contributed by atoms with Crippen LogP contribution in [0.5, 0.6) is 5.75 Å². The van der Waals surface area contributed by atoms with Crippen LogP contribution in [0.25, 0.3) is 0 Å². The fourth-order valence-electron chi connectivity index (χ4n) is 2.43. The van der Waals surface area contributed by atoms with Gasteiger partial charge in [0, 0.05) is 6.61 Å². The van der Waals surface area contributed by atoms with Gasteiger partial charge in [-0.3, -0.25) is 9.89 Å². The summed E-state index contributed by atoms with van der Waals surface area (Å²) in [6, 6.07) is 6.85. The summed E-state index contributed by atoms with van der Waals surface area (Å²) in [5, 5.41) is 10.2. The van der Waals surface area contributed by atoms with Gasteiger partial charge in [-0.2, -0.15) is 5.10 Å². The highest BCUT2D eigenvalue weighted by atomic mass is 35.5. The van der Waals surface area contributed by atoms with E-state index in [2.05, 4.69) is 20.5 Å². The van der Waals surface area contributed by atoms with Crippen molar-refractivity contribution in [1.82, 2.24) is 20.5 Å². The van der Waals surface area contributed by atoms with Gasteiger partial charge in [-0.05, 0) is 25.5 Å². The topological polar surface area (TPSA) is 89.1 Å². The van der Waals surface area contributed by atoms with E-state index in [1.54, 1.807) is 24.3 Å². The van der Waals surface area contributed by atoms with Crippen molar-refractivity contribution in [3.05, 3.63) is 40.9 Å². The number of nitrogens with one attached hydrogen (secondary N) is 2. The Balaban J connectivity index is 1.56. The van der Waals surface area contributed by atoms with E-state index in [1.807, 2.05) is 6.92 Å². The molecule has 1 aliphatic heterocycles. The molecule has 1 amide bonds. The van der Waals surface area contributed by atoms with E-state index >= 15 is 0 Å². The van der Waals surface area contributed by atoms with E-state index in [0.717, 1.165) is 0 Å². The zero-order valence-electron chi connectivity index (χ0n) is 12.6. The molecule has 122 valence electrons. The minimum absolute atomic E-state index is 0.111. The van der Waals surface area contributed by atoms with Crippen LogP contribution in [0.15, 0.2) is 24.3 Å². The van der Waals surface area contributed by atoms with E-state index in [4.69, 9.17) is 21.1 Å². The van der Waals surface area contributed by atoms with Gasteiger partial charge in [-0.15, -0.1) is 0 Å². The molecule has 7 nitrogen and oxygen atoms in total. The number of amides is 1. The Labute approximate surface area is 138 Å². The number of nitrogens with zero attached hydrogens (tertiary/aromatic N) is 2. The predicted octanol–water partition coefficient (Wildman–Crippen LogP) is 1.79. The molecule has 0 aliphatic carbocycles. The summed E-state index contributed by atoms with van der Waals surface area (Å²) in [5.74, 6) is 1.51. The van der Waals surface area contributed by atoms with Gasteiger partial charge in [0.25, 0.3) is 5.91 Å². The molecule has 2 heterocycles. The molecule has 3 rings (SSSR count). The smallest absolute Gasteiger partial charge is 0.258 e. The van der Waals surface area contributed by atoms with Crippen molar-refractivity contribution in [2.75, 3.05) is 13.2 Å². The first-order valence-corrected chi connectivity index (χ1v) is 7.68. The summed E-state index contributed by atoms with van der Waals surface area (Å²) in [7, 11) is 0. The Morgan fingerprint density at radius 1 is 1.52 bits per heavy atom. The first kappa shape index (κ1) is 15.8. The summed E-state index contributed by atoms with van der Waals surface area (Å²) >= 11 is 5.99. The Bertz CT molecular complexity index is 691. The molecule has 2 N–H and O–H groups in total. The first-order valence-electron chi connectivity index (χ1n) is 7.30. The number of carbonyl (C=O) groups is 1. The van der Waals surface area contributed by atoms with E-state index in [9.17, 15) is 4.79 Å². The summed E-state index contributed by atoms with van der Waals surface area (Å²) < 4.78 is 11.1. The van der Waals surface area contributed by atoms with Crippen molar-refractivity contribution in [3.63, 3.8) is 0 Å². The average Bonchev–Trinajstić information content (AvgIpc) is 3.15. The predicted molar refractivity (Wildman–Crippen MR) is 83.3 cm³/mol. The Morgan fingerprint density at radius 2 is 2.35 bits per heavy atom. The van der Waals surface area contributed by atoms with Gasteiger partial charge in [-0.1, -0.05) is 23.7 Å². The number of hydrogen-bond acceptors (Lipinski definition) is 5. The molecule has 2 atom stereocenters. The normalized spacial score (nSPS) is 20.4. The lowest BCUT2D eigenvalue weighted by atomic mass is 10.1. The third kappa shape index (κ3) is 3.80. The van der Waals surface area contributed by atoms with Crippen LogP contribution in [0.4, 0.5) is 0 Å². The van der Waals surface area contributed by atoms with Crippen molar-refractivity contribution >= 4 is 17.5 Å². The number of H-pyrrole nitrogens is 1. The largest absolute Gasteiger partial charge is 0.482 e. The minimum Gasteiger partial charge on any atom is -0.482 e. The van der Waals surface area contributed by atoms with Gasteiger partial charge in [0.2, 0.25) is 0 Å². The average molecular weight is 337 g/mol. The van der Waals surface area contributed by atoms with Crippen molar-refractivity contribution in [3.8, 4) is 5.75 Å². The lowest BCUT2D eigenvalue weighted by molar-refractivity contribution is -0.124. The fraction of sp³-hybridized carbons (Fsp3) is 0.400. The van der Waals surface area contributed by atoms with Gasteiger partial charge >= 0.3 is 0 Å². The van der Waals surface area contributed by atoms with Crippen LogP contribution >= 0.6 is 11.6 Å². The van der Waals surface area contributed by atoms with Crippen LogP contribution in [-0.4, -0.2) is 40.3 Å². The highest BCUT2D eigenvalue weighted by molar-refractivity contribution is 6.32. The molecule has 2 aromatic rings. The van der Waals surface area contributed by atoms with Crippen LogP contribution in [-0.2, 0) is 9.53 Å². The van der Waals surface area contributed by atoms with E-state index in [0.29, 0.717) is 35.4 Å². The zero-order valence-corrected chi connectivity index (χ0v) is 13.3. The van der Waals surface area contributed by atoms with Crippen molar-refractivity contribution in [1.29, 1.82) is 0 Å². The zero-order chi connectivity index (χ0) is 16.2. The van der Waals surface area contributed by atoms with Crippen molar-refractivity contribution < 1.29 is 14.3 Å². The minimum atomic E-state index is -0.343. The quantitative estimate of drug-likeness (QED) is 0.869. The number of para-hydroxylation sites is 1. The Kier molecular flexibility index (Phi) is 4.78. The SMILES string of the molecule is Cc1nc([C@@H]2OCC[C@@H]2NC(=O)COc2ccccc2Cl)n[nH]1. The number of ether oxygens (including phenoxy) is 2. The highest BCUT2D eigenvalue weighted by Gasteiger charge is 2.33. The first-order chi connectivity index (χ1) is 11.1. The molecule has 0 spiro atoms. The number of halogens is 1. The van der Waals surface area contributed by atoms with Crippen LogP contribution in [0.3, 0.4) is 0 Å². The third-order valence-electron chi connectivity index (χ3n) is 3.50. The second-order valence-corrected chi connectivity index (χ2v) is 5.66. The number of rotatable bonds is 5. The van der Waals surface area contributed by atoms with E-state index in [-0.39, 0.29) is 24.7 Å². The van der Waals surface area contributed by atoms with Crippen LogP contribution in [0.1, 0.15) is 24.2 Å². The summed E-state index contributed by atoms with van der Waals surface area (Å²) in [5.41, 5.74) is 0. The number of carbonyl (C=O) groups excluding carboxylic acids is 1. The Hall–Kier alpha value is -2.12. The fourth-order valence-corrected chi connectivity index (χ4v) is 2.62.